The molecule has 1 amide bonds. The van der Waals surface area contributed by atoms with E-state index in [1.807, 2.05) is 43.3 Å². The van der Waals surface area contributed by atoms with Gasteiger partial charge in [0.1, 0.15) is 11.5 Å². The minimum atomic E-state index is -1.06. The van der Waals surface area contributed by atoms with Crippen molar-refractivity contribution >= 4 is 28.4 Å². The molecule has 0 radical (unpaired) electrons. The molecule has 0 saturated heterocycles. The van der Waals surface area contributed by atoms with E-state index < -0.39 is 11.2 Å². The lowest BCUT2D eigenvalue weighted by atomic mass is 9.69. The number of rotatable bonds is 7. The molecule has 3 unspecified atom stereocenters. The quantitative estimate of drug-likeness (QED) is 0.386. The van der Waals surface area contributed by atoms with Crippen LogP contribution in [0.2, 0.25) is 5.02 Å². The van der Waals surface area contributed by atoms with Crippen molar-refractivity contribution in [3.05, 3.63) is 69.0 Å². The number of fused-ring (bicyclic) bond motifs is 1. The van der Waals surface area contributed by atoms with Gasteiger partial charge < -0.3 is 30.2 Å². The number of carbonyl (C=O) groups is 1. The van der Waals surface area contributed by atoms with Crippen molar-refractivity contribution in [1.29, 1.82) is 0 Å². The zero-order valence-electron chi connectivity index (χ0n) is 20.7. The predicted octanol–water partition coefficient (Wildman–Crippen LogP) is 3.17. The molecule has 9 heteroatoms. The molecule has 2 aromatic carbocycles. The normalized spacial score (nSPS) is 22.1. The average Bonchev–Trinajstić information content (AvgIpc) is 2.83. The van der Waals surface area contributed by atoms with Crippen LogP contribution in [-0.2, 0) is 16.8 Å². The molecule has 3 aromatic rings. The Balaban J connectivity index is 1.51. The average molecular weight is 514 g/mol. The predicted molar refractivity (Wildman–Crippen MR) is 140 cm³/mol. The number of ether oxygens (including phenoxy) is 1. The number of hydrogen-bond acceptors (Lipinski definition) is 6. The molecule has 3 atom stereocenters. The second-order valence-electron chi connectivity index (χ2n) is 9.80. The number of aromatic hydroxyl groups is 1. The van der Waals surface area contributed by atoms with Gasteiger partial charge in [0.2, 0.25) is 5.91 Å². The summed E-state index contributed by atoms with van der Waals surface area (Å²) in [6.07, 6.45) is 1.35. The van der Waals surface area contributed by atoms with Gasteiger partial charge in [-0.15, -0.1) is 0 Å². The fourth-order valence-corrected chi connectivity index (χ4v) is 5.39. The number of methoxy groups -OCH3 is 1. The van der Waals surface area contributed by atoms with Crippen LogP contribution in [0.1, 0.15) is 30.4 Å². The van der Waals surface area contributed by atoms with Crippen LogP contribution in [0.15, 0.2) is 47.3 Å². The molecule has 1 aromatic heterocycles. The summed E-state index contributed by atoms with van der Waals surface area (Å²) >= 11 is 5.98. The smallest absolute Gasteiger partial charge is 0.255 e. The molecule has 0 bridgehead atoms. The largest absolute Gasteiger partial charge is 0.507 e. The van der Waals surface area contributed by atoms with E-state index in [1.165, 1.54) is 0 Å². The molecule has 0 spiro atoms. The number of nitrogens with one attached hydrogen (secondary N) is 2. The van der Waals surface area contributed by atoms with Crippen molar-refractivity contribution < 1.29 is 19.7 Å². The third-order valence-electron chi connectivity index (χ3n) is 7.02. The number of aliphatic hydroxyl groups is 1. The van der Waals surface area contributed by atoms with Crippen molar-refractivity contribution in [3.8, 4) is 11.5 Å². The Labute approximate surface area is 214 Å². The van der Waals surface area contributed by atoms with Crippen LogP contribution in [-0.4, -0.2) is 59.8 Å². The van der Waals surface area contributed by atoms with Crippen molar-refractivity contribution in [3.63, 3.8) is 0 Å². The van der Waals surface area contributed by atoms with Crippen molar-refractivity contribution in [2.45, 2.75) is 37.3 Å². The van der Waals surface area contributed by atoms with Gasteiger partial charge in [0, 0.05) is 28.9 Å². The third-order valence-corrected chi connectivity index (χ3v) is 7.26. The van der Waals surface area contributed by atoms with Gasteiger partial charge >= 0.3 is 0 Å². The molecule has 0 aliphatic heterocycles. The highest BCUT2D eigenvalue weighted by Gasteiger charge is 2.44. The summed E-state index contributed by atoms with van der Waals surface area (Å²) in [5, 5.41) is 26.3. The second kappa shape index (κ2) is 10.5. The summed E-state index contributed by atoms with van der Waals surface area (Å²) in [4.78, 5) is 30.2. The maximum Gasteiger partial charge on any atom is 0.255 e. The van der Waals surface area contributed by atoms with E-state index >= 15 is 0 Å². The van der Waals surface area contributed by atoms with Gasteiger partial charge in [-0.05, 0) is 69.3 Å². The topological polar surface area (TPSA) is 115 Å². The van der Waals surface area contributed by atoms with Gasteiger partial charge in [-0.1, -0.05) is 23.7 Å². The first-order chi connectivity index (χ1) is 17.1. The Bertz CT molecular complexity index is 1320. The zero-order chi connectivity index (χ0) is 26.0. The maximum atomic E-state index is 12.9. The van der Waals surface area contributed by atoms with Crippen molar-refractivity contribution in [2.24, 2.45) is 5.92 Å². The van der Waals surface area contributed by atoms with Crippen LogP contribution in [0, 0.1) is 5.92 Å². The van der Waals surface area contributed by atoms with E-state index in [9.17, 15) is 19.8 Å². The third kappa shape index (κ3) is 5.36. The number of nitrogens with zero attached hydrogens (tertiary/aromatic N) is 1. The number of carbonyl (C=O) groups excluding carboxylic acids is 1. The molecule has 1 aliphatic rings. The summed E-state index contributed by atoms with van der Waals surface area (Å²) < 4.78 is 5.36. The van der Waals surface area contributed by atoms with Gasteiger partial charge in [-0.3, -0.25) is 9.59 Å². The highest BCUT2D eigenvalue weighted by molar-refractivity contribution is 6.31. The highest BCUT2D eigenvalue weighted by Crippen LogP contribution is 2.43. The van der Waals surface area contributed by atoms with E-state index in [-0.39, 0.29) is 35.6 Å². The molecule has 4 rings (SSSR count). The lowest BCUT2D eigenvalue weighted by molar-refractivity contribution is -0.123. The molecule has 192 valence electrons. The summed E-state index contributed by atoms with van der Waals surface area (Å²) in [6.45, 7) is 0.633. The summed E-state index contributed by atoms with van der Waals surface area (Å²) in [5.74, 6) is -0.0323. The van der Waals surface area contributed by atoms with Crippen LogP contribution < -0.4 is 15.6 Å². The van der Waals surface area contributed by atoms with E-state index in [0.29, 0.717) is 47.5 Å². The van der Waals surface area contributed by atoms with Crippen LogP contribution in [0.5, 0.6) is 11.5 Å². The Morgan fingerprint density at radius 2 is 2.06 bits per heavy atom. The molecular weight excluding hydrogens is 482 g/mol. The fraction of sp³-hybridized carbons (Fsp3) is 0.407. The first-order valence-electron chi connectivity index (χ1n) is 11.9. The number of benzene rings is 2. The molecule has 36 heavy (non-hydrogen) atoms. The molecule has 4 N–H and O–H groups in total. The highest BCUT2D eigenvalue weighted by atomic mass is 35.5. The number of halogens is 1. The van der Waals surface area contributed by atoms with E-state index in [4.69, 9.17) is 16.3 Å². The van der Waals surface area contributed by atoms with Gasteiger partial charge in [0.25, 0.3) is 5.56 Å². The zero-order valence-corrected chi connectivity index (χ0v) is 21.4. The van der Waals surface area contributed by atoms with Crippen LogP contribution >= 0.6 is 11.6 Å². The summed E-state index contributed by atoms with van der Waals surface area (Å²) in [5.41, 5.74) is -0.375. The van der Waals surface area contributed by atoms with Crippen molar-refractivity contribution in [1.82, 2.24) is 15.2 Å². The molecule has 8 nitrogen and oxygen atoms in total. The van der Waals surface area contributed by atoms with Crippen LogP contribution in [0.4, 0.5) is 0 Å². The fourth-order valence-electron chi connectivity index (χ4n) is 5.22. The number of aromatic nitrogens is 1. The lowest BCUT2D eigenvalue weighted by Gasteiger charge is -2.44. The summed E-state index contributed by atoms with van der Waals surface area (Å²) in [6, 6.07) is 12.1. The Morgan fingerprint density at radius 1 is 1.28 bits per heavy atom. The first kappa shape index (κ1) is 26.0. The number of pyridine rings is 1. The maximum absolute atomic E-state index is 12.9. The summed E-state index contributed by atoms with van der Waals surface area (Å²) in [7, 11) is 5.51. The SMILES string of the molecule is COc1cccc(C2(O)CCC(NC(=O)Cc3c(O)c4ccc(Cl)cc4[nH]c3=O)CC2CN(C)C)c1. The lowest BCUT2D eigenvalue weighted by Crippen LogP contribution is -2.50. The van der Waals surface area contributed by atoms with Crippen LogP contribution in [0.3, 0.4) is 0 Å². The van der Waals surface area contributed by atoms with E-state index in [1.54, 1.807) is 25.3 Å². The van der Waals surface area contributed by atoms with Gasteiger partial charge in [0.15, 0.2) is 0 Å². The van der Waals surface area contributed by atoms with Gasteiger partial charge in [-0.2, -0.15) is 0 Å². The second-order valence-corrected chi connectivity index (χ2v) is 10.2. The number of amides is 1. The Morgan fingerprint density at radius 3 is 2.78 bits per heavy atom. The van der Waals surface area contributed by atoms with E-state index in [0.717, 1.165) is 5.56 Å². The first-order valence-corrected chi connectivity index (χ1v) is 12.3. The van der Waals surface area contributed by atoms with Gasteiger partial charge in [-0.25, -0.2) is 0 Å². The molecule has 1 fully saturated rings. The van der Waals surface area contributed by atoms with Gasteiger partial charge in [0.05, 0.1) is 30.2 Å². The Kier molecular flexibility index (Phi) is 7.59. The standard InChI is InChI=1S/C27H32ClN3O5/c1-31(2)15-17-11-19(9-10-27(17,35)16-5-4-6-20(12-16)36-3)29-24(32)14-22-25(33)21-8-7-18(28)13-23(21)30-26(22)34/h4-8,12-13,17,19,35H,9-11,14-15H2,1-3H3,(H,29,32)(H2,30,33,34). The Hall–Kier alpha value is -3.07. The minimum Gasteiger partial charge on any atom is -0.507 e. The van der Waals surface area contributed by atoms with Crippen LogP contribution in [0.25, 0.3) is 10.9 Å². The number of aromatic amines is 1. The van der Waals surface area contributed by atoms with Crippen molar-refractivity contribution in [2.75, 3.05) is 27.7 Å². The molecular formula is C27H32ClN3O5. The molecule has 1 heterocycles. The molecule has 1 saturated carbocycles. The number of H-pyrrole nitrogens is 1. The monoisotopic (exact) mass is 513 g/mol. The minimum absolute atomic E-state index is 0.0101. The van der Waals surface area contributed by atoms with E-state index in [2.05, 4.69) is 10.3 Å². The molecule has 1 aliphatic carbocycles. The number of hydrogen-bond donors (Lipinski definition) is 4.